The van der Waals surface area contributed by atoms with Gasteiger partial charge in [0.05, 0.1) is 0 Å². The van der Waals surface area contributed by atoms with Gasteiger partial charge in [-0.1, -0.05) is 45.4 Å². The molecule has 1 rings (SSSR count). The lowest BCUT2D eigenvalue weighted by Gasteiger charge is -2.14. The van der Waals surface area contributed by atoms with Crippen molar-refractivity contribution in [2.75, 3.05) is 19.6 Å². The molecule has 0 amide bonds. The lowest BCUT2D eigenvalue weighted by atomic mass is 9.96. The maximum atomic E-state index is 5.71. The van der Waals surface area contributed by atoms with E-state index in [0.29, 0.717) is 11.8 Å². The molecular weight excluding hydrogens is 232 g/mol. The third kappa shape index (κ3) is 5.33. The zero-order valence-electron chi connectivity index (χ0n) is 13.0. The highest BCUT2D eigenvalue weighted by atomic mass is 14.9. The van der Waals surface area contributed by atoms with Gasteiger partial charge < -0.3 is 11.1 Å². The summed E-state index contributed by atoms with van der Waals surface area (Å²) in [7, 11) is 0. The molecule has 0 bridgehead atoms. The van der Waals surface area contributed by atoms with Crippen molar-refractivity contribution in [2.45, 2.75) is 46.5 Å². The largest absolute Gasteiger partial charge is 0.330 e. The third-order valence-corrected chi connectivity index (χ3v) is 3.95. The molecule has 2 nitrogen and oxygen atoms in total. The van der Waals surface area contributed by atoms with E-state index < -0.39 is 0 Å². The quantitative estimate of drug-likeness (QED) is 0.706. The van der Waals surface area contributed by atoms with Gasteiger partial charge in [-0.05, 0) is 61.5 Å². The Bertz CT molecular complexity index is 368. The zero-order valence-corrected chi connectivity index (χ0v) is 13.0. The van der Waals surface area contributed by atoms with Crippen molar-refractivity contribution in [3.8, 4) is 0 Å². The monoisotopic (exact) mass is 262 g/mol. The normalized spacial score (nSPS) is 12.9. The molecule has 19 heavy (non-hydrogen) atoms. The van der Waals surface area contributed by atoms with E-state index in [1.807, 2.05) is 0 Å². The summed E-state index contributed by atoms with van der Waals surface area (Å²) >= 11 is 0. The summed E-state index contributed by atoms with van der Waals surface area (Å²) in [5.41, 5.74) is 10.0. The molecule has 0 aliphatic heterocycles. The van der Waals surface area contributed by atoms with Gasteiger partial charge in [0.15, 0.2) is 0 Å². The van der Waals surface area contributed by atoms with Crippen LogP contribution in [0.1, 0.15) is 49.8 Å². The Kier molecular flexibility index (Phi) is 7.11. The number of hydrogen-bond acceptors (Lipinski definition) is 2. The van der Waals surface area contributed by atoms with Crippen LogP contribution < -0.4 is 11.1 Å². The van der Waals surface area contributed by atoms with Crippen LogP contribution in [0.25, 0.3) is 0 Å². The summed E-state index contributed by atoms with van der Waals surface area (Å²) in [4.78, 5) is 0. The number of aryl methyl sites for hydroxylation is 1. The van der Waals surface area contributed by atoms with E-state index in [1.165, 1.54) is 16.7 Å². The van der Waals surface area contributed by atoms with Gasteiger partial charge in [0.2, 0.25) is 0 Å². The highest BCUT2D eigenvalue weighted by molar-refractivity contribution is 5.32. The molecule has 0 spiro atoms. The van der Waals surface area contributed by atoms with Crippen molar-refractivity contribution < 1.29 is 0 Å². The van der Waals surface area contributed by atoms with Gasteiger partial charge >= 0.3 is 0 Å². The van der Waals surface area contributed by atoms with Crippen molar-refractivity contribution in [3.63, 3.8) is 0 Å². The van der Waals surface area contributed by atoms with E-state index in [-0.39, 0.29) is 0 Å². The molecule has 0 heterocycles. The van der Waals surface area contributed by atoms with Crippen LogP contribution in [0.3, 0.4) is 0 Å². The smallest absolute Gasteiger partial charge is 0.000812 e. The first-order valence-corrected chi connectivity index (χ1v) is 7.58. The molecule has 1 aromatic carbocycles. The van der Waals surface area contributed by atoms with Gasteiger partial charge in [0, 0.05) is 0 Å². The summed E-state index contributed by atoms with van der Waals surface area (Å²) in [6, 6.07) is 6.86. The van der Waals surface area contributed by atoms with Gasteiger partial charge in [-0.25, -0.2) is 0 Å². The second-order valence-electron chi connectivity index (χ2n) is 5.80. The first-order valence-electron chi connectivity index (χ1n) is 7.58. The zero-order chi connectivity index (χ0) is 14.3. The number of rotatable bonds is 8. The van der Waals surface area contributed by atoms with E-state index in [9.17, 15) is 0 Å². The average molecular weight is 262 g/mol. The molecule has 1 unspecified atom stereocenters. The van der Waals surface area contributed by atoms with E-state index in [4.69, 9.17) is 5.73 Å². The van der Waals surface area contributed by atoms with Crippen LogP contribution in [-0.2, 0) is 6.42 Å². The molecule has 0 fully saturated rings. The minimum atomic E-state index is 0.606. The highest BCUT2D eigenvalue weighted by Crippen LogP contribution is 2.18. The van der Waals surface area contributed by atoms with Crippen molar-refractivity contribution in [2.24, 2.45) is 11.7 Å². The molecule has 0 radical (unpaired) electrons. The lowest BCUT2D eigenvalue weighted by Crippen LogP contribution is -2.29. The maximum Gasteiger partial charge on any atom is -0.000812 e. The summed E-state index contributed by atoms with van der Waals surface area (Å²) in [6.07, 6.45) is 2.26. The van der Waals surface area contributed by atoms with E-state index >= 15 is 0 Å². The molecule has 0 saturated heterocycles. The Morgan fingerprint density at radius 1 is 1.26 bits per heavy atom. The van der Waals surface area contributed by atoms with Gasteiger partial charge in [-0.3, -0.25) is 0 Å². The maximum absolute atomic E-state index is 5.71. The molecule has 3 N–H and O–H groups in total. The number of benzene rings is 1. The topological polar surface area (TPSA) is 38.0 Å². The Morgan fingerprint density at radius 3 is 2.58 bits per heavy atom. The lowest BCUT2D eigenvalue weighted by molar-refractivity contribution is 0.473. The van der Waals surface area contributed by atoms with E-state index in [0.717, 1.165) is 32.5 Å². The van der Waals surface area contributed by atoms with E-state index in [1.54, 1.807) is 0 Å². The third-order valence-electron chi connectivity index (χ3n) is 3.95. The fourth-order valence-electron chi connectivity index (χ4n) is 2.24. The Morgan fingerprint density at radius 2 is 2.00 bits per heavy atom. The second kappa shape index (κ2) is 8.34. The standard InChI is InChI=1S/C17H30N2/c1-5-15(11-18)12-19-9-8-17-10-16(13(2)3)7-6-14(17)4/h6-7,10,13,15,19H,5,8-9,11-12,18H2,1-4H3. The van der Waals surface area contributed by atoms with Crippen LogP contribution in [-0.4, -0.2) is 19.6 Å². The molecule has 0 saturated carbocycles. The number of nitrogens with two attached hydrogens (primary N) is 1. The van der Waals surface area contributed by atoms with E-state index in [2.05, 4.69) is 51.2 Å². The SMILES string of the molecule is CCC(CN)CNCCc1cc(C(C)C)ccc1C. The average Bonchev–Trinajstić information content (AvgIpc) is 2.40. The van der Waals surface area contributed by atoms with Crippen molar-refractivity contribution in [3.05, 3.63) is 34.9 Å². The van der Waals surface area contributed by atoms with Crippen LogP contribution >= 0.6 is 0 Å². The molecule has 1 atom stereocenters. The van der Waals surface area contributed by atoms with Crippen molar-refractivity contribution in [1.82, 2.24) is 5.32 Å². The van der Waals surface area contributed by atoms with Gasteiger partial charge in [-0.15, -0.1) is 0 Å². The summed E-state index contributed by atoms with van der Waals surface area (Å²) in [6.45, 7) is 11.8. The first-order chi connectivity index (χ1) is 9.08. The predicted octanol–water partition coefficient (Wildman–Crippen LogP) is 3.24. The minimum absolute atomic E-state index is 0.606. The van der Waals surface area contributed by atoms with Gasteiger partial charge in [0.1, 0.15) is 0 Å². The Balaban J connectivity index is 2.46. The van der Waals surface area contributed by atoms with Crippen molar-refractivity contribution >= 4 is 0 Å². The molecule has 0 aliphatic rings. The second-order valence-corrected chi connectivity index (χ2v) is 5.80. The number of nitrogens with one attached hydrogen (secondary N) is 1. The summed E-state index contributed by atoms with van der Waals surface area (Å²) in [5, 5.41) is 3.53. The summed E-state index contributed by atoms with van der Waals surface area (Å²) < 4.78 is 0. The Hall–Kier alpha value is -0.860. The van der Waals surface area contributed by atoms with Crippen LogP contribution in [0.4, 0.5) is 0 Å². The fraction of sp³-hybridized carbons (Fsp3) is 0.647. The van der Waals surface area contributed by atoms with Crippen molar-refractivity contribution in [1.29, 1.82) is 0 Å². The van der Waals surface area contributed by atoms with Crippen LogP contribution in [0.2, 0.25) is 0 Å². The minimum Gasteiger partial charge on any atom is -0.330 e. The molecule has 0 aromatic heterocycles. The van der Waals surface area contributed by atoms with Crippen LogP contribution in [0.5, 0.6) is 0 Å². The first kappa shape index (κ1) is 16.2. The highest BCUT2D eigenvalue weighted by Gasteiger charge is 2.05. The molecule has 108 valence electrons. The molecule has 2 heteroatoms. The van der Waals surface area contributed by atoms with Gasteiger partial charge in [0.25, 0.3) is 0 Å². The summed E-state index contributed by atoms with van der Waals surface area (Å²) in [5.74, 6) is 1.22. The van der Waals surface area contributed by atoms with Crippen LogP contribution in [0.15, 0.2) is 18.2 Å². The van der Waals surface area contributed by atoms with Crippen LogP contribution in [0, 0.1) is 12.8 Å². The fourth-order valence-corrected chi connectivity index (χ4v) is 2.24. The molecular formula is C17H30N2. The molecule has 0 aliphatic carbocycles. The number of hydrogen-bond donors (Lipinski definition) is 2. The Labute approximate surface area is 118 Å². The molecule has 1 aromatic rings. The van der Waals surface area contributed by atoms with Gasteiger partial charge in [-0.2, -0.15) is 0 Å². The predicted molar refractivity (Wildman–Crippen MR) is 84.7 cm³/mol.